The summed E-state index contributed by atoms with van der Waals surface area (Å²) in [7, 11) is 0. The molecule has 2 atom stereocenters. The molecule has 1 fully saturated rings. The van der Waals surface area contributed by atoms with E-state index in [1.807, 2.05) is 20.8 Å². The van der Waals surface area contributed by atoms with Crippen LogP contribution in [0.15, 0.2) is 0 Å². The molecule has 3 N–H and O–H groups in total. The molecule has 0 unspecified atom stereocenters. The average molecular weight is 228 g/mol. The van der Waals surface area contributed by atoms with Gasteiger partial charge in [-0.1, -0.05) is 20.8 Å². The molecule has 0 bridgehead atoms. The fourth-order valence-corrected chi connectivity index (χ4v) is 1.64. The van der Waals surface area contributed by atoms with Gasteiger partial charge in [0.15, 0.2) is 0 Å². The molecule has 92 valence electrons. The van der Waals surface area contributed by atoms with Crippen molar-refractivity contribution in [2.24, 2.45) is 11.3 Å². The number of piperidine rings is 1. The largest absolute Gasteiger partial charge is 0.481 e. The van der Waals surface area contributed by atoms with E-state index in [0.29, 0.717) is 19.5 Å². The lowest BCUT2D eigenvalue weighted by molar-refractivity contribution is -0.143. The van der Waals surface area contributed by atoms with E-state index in [1.54, 1.807) is 0 Å². The number of hydrogen-bond donors (Lipinski definition) is 3. The zero-order valence-electron chi connectivity index (χ0n) is 10.0. The second-order valence-electron chi connectivity index (χ2n) is 5.35. The standard InChI is InChI=1S/C11H20N2O3/c1-11(2,3)10(16)13-8-4-7(9(14)15)5-12-6-8/h7-8,12H,4-6H2,1-3H3,(H,13,16)(H,14,15)/t7-,8+/m0/s1. The highest BCUT2D eigenvalue weighted by atomic mass is 16.4. The van der Waals surface area contributed by atoms with Gasteiger partial charge in [-0.2, -0.15) is 0 Å². The van der Waals surface area contributed by atoms with Crippen LogP contribution in [0.2, 0.25) is 0 Å². The van der Waals surface area contributed by atoms with E-state index in [0.717, 1.165) is 0 Å². The Morgan fingerprint density at radius 3 is 2.44 bits per heavy atom. The maximum Gasteiger partial charge on any atom is 0.307 e. The van der Waals surface area contributed by atoms with E-state index in [4.69, 9.17) is 5.11 Å². The first kappa shape index (κ1) is 13.0. The molecule has 1 rings (SSSR count). The molecule has 16 heavy (non-hydrogen) atoms. The normalized spacial score (nSPS) is 26.2. The van der Waals surface area contributed by atoms with Crippen LogP contribution in [0.25, 0.3) is 0 Å². The molecule has 0 radical (unpaired) electrons. The Kier molecular flexibility index (Phi) is 3.91. The minimum absolute atomic E-state index is 0.0367. The molecule has 5 heteroatoms. The van der Waals surface area contributed by atoms with Crippen LogP contribution in [0.4, 0.5) is 0 Å². The van der Waals surface area contributed by atoms with Crippen LogP contribution in [-0.2, 0) is 9.59 Å². The minimum Gasteiger partial charge on any atom is -0.481 e. The van der Waals surface area contributed by atoms with E-state index in [-0.39, 0.29) is 11.9 Å². The molecule has 0 spiro atoms. The Bertz CT molecular complexity index is 283. The smallest absolute Gasteiger partial charge is 0.307 e. The second-order valence-corrected chi connectivity index (χ2v) is 5.35. The van der Waals surface area contributed by atoms with Crippen molar-refractivity contribution >= 4 is 11.9 Å². The number of aliphatic carboxylic acids is 1. The monoisotopic (exact) mass is 228 g/mol. The third-order valence-corrected chi connectivity index (χ3v) is 2.72. The zero-order valence-corrected chi connectivity index (χ0v) is 10.0. The van der Waals surface area contributed by atoms with Crippen LogP contribution in [0.5, 0.6) is 0 Å². The predicted octanol–water partition coefficient (Wildman–Crippen LogP) is 0.211. The first-order valence-electron chi connectivity index (χ1n) is 5.55. The SMILES string of the molecule is CC(C)(C)C(=O)N[C@H]1CNC[C@@H](C(=O)O)C1. The molecule has 1 saturated heterocycles. The number of hydrogen-bond acceptors (Lipinski definition) is 3. The molecule has 0 aromatic carbocycles. The molecule has 1 heterocycles. The Balaban J connectivity index is 2.49. The van der Waals surface area contributed by atoms with Gasteiger partial charge in [0, 0.05) is 24.5 Å². The van der Waals surface area contributed by atoms with Gasteiger partial charge in [-0.05, 0) is 6.42 Å². The summed E-state index contributed by atoms with van der Waals surface area (Å²) < 4.78 is 0. The van der Waals surface area contributed by atoms with Gasteiger partial charge < -0.3 is 15.7 Å². The van der Waals surface area contributed by atoms with E-state index < -0.39 is 17.3 Å². The fourth-order valence-electron chi connectivity index (χ4n) is 1.64. The third-order valence-electron chi connectivity index (χ3n) is 2.72. The number of rotatable bonds is 2. The van der Waals surface area contributed by atoms with Crippen LogP contribution in [0.1, 0.15) is 27.2 Å². The van der Waals surface area contributed by atoms with E-state index in [1.165, 1.54) is 0 Å². The Morgan fingerprint density at radius 2 is 1.94 bits per heavy atom. The number of nitrogens with one attached hydrogen (secondary N) is 2. The average Bonchev–Trinajstić information content (AvgIpc) is 2.16. The van der Waals surface area contributed by atoms with Crippen molar-refractivity contribution in [1.29, 1.82) is 0 Å². The lowest BCUT2D eigenvalue weighted by atomic mass is 9.92. The number of carbonyl (C=O) groups is 2. The summed E-state index contributed by atoms with van der Waals surface area (Å²) >= 11 is 0. The Morgan fingerprint density at radius 1 is 1.31 bits per heavy atom. The van der Waals surface area contributed by atoms with Gasteiger partial charge >= 0.3 is 5.97 Å². The van der Waals surface area contributed by atoms with Crippen molar-refractivity contribution in [3.8, 4) is 0 Å². The Hall–Kier alpha value is -1.10. The van der Waals surface area contributed by atoms with Crippen molar-refractivity contribution in [2.75, 3.05) is 13.1 Å². The minimum atomic E-state index is -0.804. The van der Waals surface area contributed by atoms with Gasteiger partial charge in [-0.25, -0.2) is 0 Å². The third kappa shape index (κ3) is 3.48. The number of amides is 1. The molecule has 1 aliphatic heterocycles. The van der Waals surface area contributed by atoms with E-state index >= 15 is 0 Å². The van der Waals surface area contributed by atoms with Crippen LogP contribution >= 0.6 is 0 Å². The van der Waals surface area contributed by atoms with Gasteiger partial charge in [0.1, 0.15) is 0 Å². The number of carboxylic acids is 1. The van der Waals surface area contributed by atoms with Crippen molar-refractivity contribution in [1.82, 2.24) is 10.6 Å². The van der Waals surface area contributed by atoms with Crippen LogP contribution in [0, 0.1) is 11.3 Å². The number of carboxylic acid groups (broad SMARTS) is 1. The molecule has 0 aromatic rings. The topological polar surface area (TPSA) is 78.4 Å². The highest BCUT2D eigenvalue weighted by Gasteiger charge is 2.30. The van der Waals surface area contributed by atoms with Gasteiger partial charge in [-0.3, -0.25) is 9.59 Å². The molecular weight excluding hydrogens is 208 g/mol. The molecule has 5 nitrogen and oxygen atoms in total. The highest BCUT2D eigenvalue weighted by Crippen LogP contribution is 2.16. The molecular formula is C11H20N2O3. The van der Waals surface area contributed by atoms with Crippen molar-refractivity contribution in [3.63, 3.8) is 0 Å². The molecule has 0 aliphatic carbocycles. The zero-order chi connectivity index (χ0) is 12.3. The van der Waals surface area contributed by atoms with Crippen LogP contribution < -0.4 is 10.6 Å². The summed E-state index contributed by atoms with van der Waals surface area (Å²) in [6.45, 7) is 6.65. The van der Waals surface area contributed by atoms with Gasteiger partial charge in [0.25, 0.3) is 0 Å². The molecule has 1 amide bonds. The van der Waals surface area contributed by atoms with Crippen molar-refractivity contribution < 1.29 is 14.7 Å². The predicted molar refractivity (Wildman–Crippen MR) is 60.0 cm³/mol. The van der Waals surface area contributed by atoms with Gasteiger partial charge in [0.05, 0.1) is 5.92 Å². The number of carbonyl (C=O) groups excluding carboxylic acids is 1. The summed E-state index contributed by atoms with van der Waals surface area (Å²) in [6, 6.07) is -0.0819. The van der Waals surface area contributed by atoms with E-state index in [9.17, 15) is 9.59 Å². The highest BCUT2D eigenvalue weighted by molar-refractivity contribution is 5.81. The summed E-state index contributed by atoms with van der Waals surface area (Å²) in [6.07, 6.45) is 0.504. The van der Waals surface area contributed by atoms with Crippen molar-refractivity contribution in [3.05, 3.63) is 0 Å². The van der Waals surface area contributed by atoms with Crippen LogP contribution in [-0.4, -0.2) is 36.1 Å². The quantitative estimate of drug-likeness (QED) is 0.631. The summed E-state index contributed by atoms with van der Waals surface area (Å²) in [4.78, 5) is 22.6. The summed E-state index contributed by atoms with van der Waals surface area (Å²) in [5.41, 5.74) is -0.434. The first-order chi connectivity index (χ1) is 7.30. The molecule has 0 saturated carbocycles. The molecule has 1 aliphatic rings. The summed E-state index contributed by atoms with van der Waals surface area (Å²) in [5.74, 6) is -1.24. The van der Waals surface area contributed by atoms with Crippen molar-refractivity contribution in [2.45, 2.75) is 33.2 Å². The fraction of sp³-hybridized carbons (Fsp3) is 0.818. The van der Waals surface area contributed by atoms with Gasteiger partial charge in [0.2, 0.25) is 5.91 Å². The molecule has 0 aromatic heterocycles. The maximum absolute atomic E-state index is 11.7. The Labute approximate surface area is 95.6 Å². The second kappa shape index (κ2) is 4.82. The maximum atomic E-state index is 11.7. The first-order valence-corrected chi connectivity index (χ1v) is 5.55. The lowest BCUT2D eigenvalue weighted by Gasteiger charge is -2.30. The summed E-state index contributed by atoms with van der Waals surface area (Å²) in [5, 5.41) is 14.8. The lowest BCUT2D eigenvalue weighted by Crippen LogP contribution is -2.52. The van der Waals surface area contributed by atoms with E-state index in [2.05, 4.69) is 10.6 Å². The van der Waals surface area contributed by atoms with Gasteiger partial charge in [-0.15, -0.1) is 0 Å². The van der Waals surface area contributed by atoms with Crippen LogP contribution in [0.3, 0.4) is 0 Å².